The summed E-state index contributed by atoms with van der Waals surface area (Å²) in [6.07, 6.45) is 0.0950. The number of amidine groups is 1. The zero-order valence-corrected chi connectivity index (χ0v) is 27.2. The number of alkyl halides is 3. The first-order valence-electron chi connectivity index (χ1n) is 16.4. The third-order valence-corrected chi connectivity index (χ3v) is 9.95. The monoisotopic (exact) mass is 661 g/mol. The number of aliphatic imine (C=N–C) groups is 1. The molecule has 252 valence electrons. The largest absolute Gasteiger partial charge is 0.433 e. The van der Waals surface area contributed by atoms with Gasteiger partial charge in [0.1, 0.15) is 22.9 Å². The van der Waals surface area contributed by atoms with E-state index in [2.05, 4.69) is 37.3 Å². The van der Waals surface area contributed by atoms with Crippen LogP contribution in [0.5, 0.6) is 0 Å². The highest BCUT2D eigenvalue weighted by Crippen LogP contribution is 2.49. The fourth-order valence-corrected chi connectivity index (χ4v) is 6.81. The van der Waals surface area contributed by atoms with E-state index >= 15 is 0 Å². The zero-order chi connectivity index (χ0) is 34.0. The van der Waals surface area contributed by atoms with Crippen molar-refractivity contribution in [3.63, 3.8) is 0 Å². The maximum atomic E-state index is 13.6. The van der Waals surface area contributed by atoms with E-state index in [1.807, 2.05) is 26.8 Å². The number of hydrogen-bond donors (Lipinski definition) is 2. The number of rotatable bonds is 9. The fourth-order valence-electron chi connectivity index (χ4n) is 6.81. The summed E-state index contributed by atoms with van der Waals surface area (Å²) >= 11 is 0. The Morgan fingerprint density at radius 3 is 2.33 bits per heavy atom. The molecule has 2 saturated carbocycles. The zero-order valence-electron chi connectivity index (χ0n) is 27.2. The first-order valence-corrected chi connectivity index (χ1v) is 16.4. The van der Waals surface area contributed by atoms with E-state index in [1.165, 1.54) is 6.07 Å². The average molecular weight is 662 g/mol. The van der Waals surface area contributed by atoms with Crippen molar-refractivity contribution in [1.82, 2.24) is 20.3 Å². The number of carbonyl (C=O) groups is 2. The molecule has 10 nitrogen and oxygen atoms in total. The molecule has 2 aliphatic heterocycles. The number of carbonyl (C=O) groups excluding carboxylic acids is 2. The van der Waals surface area contributed by atoms with Gasteiger partial charge in [-0.05, 0) is 76.1 Å². The lowest BCUT2D eigenvalue weighted by Gasteiger charge is -2.38. The molecule has 3 fully saturated rings. The number of amides is 2. The first kappa shape index (κ1) is 32.2. The number of anilines is 1. The molecule has 7 rings (SSSR count). The SMILES string of the molecule is Cc1nc(CC(N)=O)nc(C)c1-c1ccc(COC2CC2)c(N2CCC3(CC2)N=C(c2ccc(C(F)(F)F)nc2C2(C)CC2)NC3=O)c1. The van der Waals surface area contributed by atoms with Crippen molar-refractivity contribution < 1.29 is 27.5 Å². The highest BCUT2D eigenvalue weighted by atomic mass is 19.4. The van der Waals surface area contributed by atoms with Crippen molar-refractivity contribution in [2.24, 2.45) is 10.7 Å². The molecular weight excluding hydrogens is 623 g/mol. The van der Waals surface area contributed by atoms with Gasteiger partial charge in [0.2, 0.25) is 5.91 Å². The number of piperidine rings is 1. The third kappa shape index (κ3) is 6.15. The molecule has 13 heteroatoms. The first-order chi connectivity index (χ1) is 22.7. The molecule has 0 atom stereocenters. The second-order valence-electron chi connectivity index (χ2n) is 13.8. The minimum absolute atomic E-state index is 0.0338. The van der Waals surface area contributed by atoms with Crippen molar-refractivity contribution in [3.8, 4) is 11.1 Å². The number of aryl methyl sites for hydroxylation is 2. The van der Waals surface area contributed by atoms with E-state index in [1.54, 1.807) is 0 Å². The number of aromatic nitrogens is 3. The van der Waals surface area contributed by atoms with Crippen LogP contribution in [0, 0.1) is 13.8 Å². The van der Waals surface area contributed by atoms with E-state index in [0.717, 1.165) is 65.5 Å². The number of halogens is 3. The minimum Gasteiger partial charge on any atom is -0.373 e. The molecule has 1 saturated heterocycles. The summed E-state index contributed by atoms with van der Waals surface area (Å²) in [5, 5.41) is 2.90. The van der Waals surface area contributed by atoms with E-state index in [9.17, 15) is 22.8 Å². The Labute approximate surface area is 276 Å². The molecule has 0 bridgehead atoms. The Morgan fingerprint density at radius 1 is 1.04 bits per heavy atom. The van der Waals surface area contributed by atoms with Gasteiger partial charge in [0.15, 0.2) is 0 Å². The molecule has 2 amide bonds. The molecule has 1 spiro atoms. The molecule has 4 aliphatic rings. The second-order valence-corrected chi connectivity index (χ2v) is 13.8. The maximum absolute atomic E-state index is 13.6. The number of pyridine rings is 1. The summed E-state index contributed by atoms with van der Waals surface area (Å²) in [4.78, 5) is 45.3. The molecule has 4 heterocycles. The number of nitrogens with one attached hydrogen (secondary N) is 1. The Hall–Kier alpha value is -4.39. The van der Waals surface area contributed by atoms with Crippen LogP contribution >= 0.6 is 0 Å². The van der Waals surface area contributed by atoms with Crippen molar-refractivity contribution in [1.29, 1.82) is 0 Å². The molecule has 0 unspecified atom stereocenters. The van der Waals surface area contributed by atoms with Crippen LogP contribution in [0.1, 0.15) is 85.2 Å². The Bertz CT molecular complexity index is 1820. The highest BCUT2D eigenvalue weighted by molar-refractivity contribution is 6.16. The number of hydrogen-bond acceptors (Lipinski definition) is 8. The molecule has 2 aromatic heterocycles. The summed E-state index contributed by atoms with van der Waals surface area (Å²) in [5.41, 5.74) is 9.03. The van der Waals surface area contributed by atoms with Crippen molar-refractivity contribution in [2.45, 2.75) is 95.6 Å². The van der Waals surface area contributed by atoms with Crippen LogP contribution in [-0.4, -0.2) is 57.3 Å². The lowest BCUT2D eigenvalue weighted by molar-refractivity contribution is -0.141. The molecular formula is C35H38F3N7O3. The van der Waals surface area contributed by atoms with Crippen LogP contribution < -0.4 is 16.0 Å². The topological polar surface area (TPSA) is 136 Å². The van der Waals surface area contributed by atoms with Crippen LogP contribution in [0.25, 0.3) is 11.1 Å². The Balaban J connectivity index is 1.17. The normalized spacial score (nSPS) is 19.8. The number of primary amides is 1. The summed E-state index contributed by atoms with van der Waals surface area (Å²) in [5.74, 6) is -0.0521. The number of nitrogens with zero attached hydrogens (tertiary/aromatic N) is 5. The van der Waals surface area contributed by atoms with Gasteiger partial charge in [-0.25, -0.2) is 15.0 Å². The van der Waals surface area contributed by atoms with Gasteiger partial charge in [-0.2, -0.15) is 13.2 Å². The van der Waals surface area contributed by atoms with Gasteiger partial charge in [0.05, 0.1) is 24.8 Å². The fraction of sp³-hybridized carbons (Fsp3) is 0.486. The highest BCUT2D eigenvalue weighted by Gasteiger charge is 2.49. The Morgan fingerprint density at radius 2 is 1.73 bits per heavy atom. The molecule has 48 heavy (non-hydrogen) atoms. The van der Waals surface area contributed by atoms with Gasteiger partial charge >= 0.3 is 6.18 Å². The van der Waals surface area contributed by atoms with Crippen molar-refractivity contribution >= 4 is 23.3 Å². The summed E-state index contributed by atoms with van der Waals surface area (Å²) in [6, 6.07) is 8.56. The lowest BCUT2D eigenvalue weighted by Crippen LogP contribution is -2.49. The lowest BCUT2D eigenvalue weighted by atomic mass is 9.87. The van der Waals surface area contributed by atoms with E-state index in [-0.39, 0.29) is 18.4 Å². The second kappa shape index (κ2) is 11.6. The number of benzene rings is 1. The van der Waals surface area contributed by atoms with E-state index in [0.29, 0.717) is 55.5 Å². The third-order valence-electron chi connectivity index (χ3n) is 9.95. The molecule has 3 aromatic rings. The van der Waals surface area contributed by atoms with E-state index in [4.69, 9.17) is 15.5 Å². The summed E-state index contributed by atoms with van der Waals surface area (Å²) in [7, 11) is 0. The predicted octanol–water partition coefficient (Wildman–Crippen LogP) is 4.85. The molecule has 3 N–H and O–H groups in total. The van der Waals surface area contributed by atoms with Gasteiger partial charge in [-0.1, -0.05) is 19.1 Å². The van der Waals surface area contributed by atoms with Crippen LogP contribution in [0.15, 0.2) is 35.3 Å². The Kier molecular flexibility index (Phi) is 7.80. The van der Waals surface area contributed by atoms with Gasteiger partial charge in [0.25, 0.3) is 5.91 Å². The van der Waals surface area contributed by atoms with Crippen LogP contribution in [-0.2, 0) is 38.9 Å². The molecule has 1 aromatic carbocycles. The summed E-state index contributed by atoms with van der Waals surface area (Å²) in [6.45, 7) is 7.20. The van der Waals surface area contributed by atoms with Crippen molar-refractivity contribution in [3.05, 3.63) is 70.1 Å². The maximum Gasteiger partial charge on any atom is 0.433 e. The van der Waals surface area contributed by atoms with Crippen LogP contribution in [0.4, 0.5) is 18.9 Å². The average Bonchev–Trinajstić information content (AvgIpc) is 3.96. The van der Waals surface area contributed by atoms with Gasteiger partial charge in [-0.15, -0.1) is 0 Å². The molecule has 2 aliphatic carbocycles. The van der Waals surface area contributed by atoms with Gasteiger partial charge in [-0.3, -0.25) is 14.6 Å². The van der Waals surface area contributed by atoms with Gasteiger partial charge < -0.3 is 20.7 Å². The quantitative estimate of drug-likeness (QED) is 0.335. The standard InChI is InChI=1S/C35H38F3N7O3/c1-19-29(20(2)41-28(40-19)17-27(39)46)21-4-5-22(18-48-23-6-7-23)25(16-21)45-14-12-34(13-15-45)32(47)43-31(44-34)24-8-9-26(35(36,37)38)42-30(24)33(3)10-11-33/h4-5,8-9,16,23H,6-7,10-15,17-18H2,1-3H3,(H2,39,46)(H,43,44,47). The smallest absolute Gasteiger partial charge is 0.373 e. The van der Waals surface area contributed by atoms with Crippen LogP contribution in [0.2, 0.25) is 0 Å². The van der Waals surface area contributed by atoms with Crippen molar-refractivity contribution in [2.75, 3.05) is 18.0 Å². The van der Waals surface area contributed by atoms with Gasteiger partial charge in [0, 0.05) is 52.3 Å². The molecule has 0 radical (unpaired) electrons. The summed E-state index contributed by atoms with van der Waals surface area (Å²) < 4.78 is 46.8. The van der Waals surface area contributed by atoms with Crippen LogP contribution in [0.3, 0.4) is 0 Å². The number of nitrogens with two attached hydrogens (primary N) is 1. The predicted molar refractivity (Wildman–Crippen MR) is 172 cm³/mol. The number of ether oxygens (including phenoxy) is 1. The van der Waals surface area contributed by atoms with E-state index < -0.39 is 28.7 Å². The minimum atomic E-state index is -4.56.